The summed E-state index contributed by atoms with van der Waals surface area (Å²) in [5, 5.41) is 5.84. The van der Waals surface area contributed by atoms with Crippen LogP contribution in [0.15, 0.2) is 46.3 Å². The zero-order valence-electron chi connectivity index (χ0n) is 16.6. The summed E-state index contributed by atoms with van der Waals surface area (Å²) < 4.78 is 31.2. The second kappa shape index (κ2) is 8.34. The van der Waals surface area contributed by atoms with E-state index in [0.717, 1.165) is 21.0 Å². The van der Waals surface area contributed by atoms with Crippen molar-refractivity contribution in [2.24, 2.45) is 0 Å². The van der Waals surface area contributed by atoms with Crippen molar-refractivity contribution in [1.82, 2.24) is 15.0 Å². The molecule has 8 nitrogen and oxygen atoms in total. The first kappa shape index (κ1) is 21.0. The molecular weight excluding hydrogens is 412 g/mol. The van der Waals surface area contributed by atoms with Crippen LogP contribution in [-0.4, -0.2) is 48.7 Å². The molecule has 29 heavy (non-hydrogen) atoms. The van der Waals surface area contributed by atoms with Crippen LogP contribution in [0.3, 0.4) is 0 Å². The van der Waals surface area contributed by atoms with Crippen LogP contribution in [0.2, 0.25) is 0 Å². The number of aromatic nitrogens is 2. The van der Waals surface area contributed by atoms with E-state index in [1.165, 1.54) is 16.2 Å². The van der Waals surface area contributed by atoms with E-state index in [1.54, 1.807) is 32.2 Å². The molecular formula is C19H22N4O4S2. The Balaban J connectivity index is 1.78. The molecule has 0 saturated carbocycles. The van der Waals surface area contributed by atoms with Crippen molar-refractivity contribution in [1.29, 1.82) is 0 Å². The Kier molecular flexibility index (Phi) is 6.04. The first-order valence-electron chi connectivity index (χ1n) is 8.84. The number of thiophene rings is 1. The van der Waals surface area contributed by atoms with Crippen molar-refractivity contribution in [3.05, 3.63) is 53.2 Å². The summed E-state index contributed by atoms with van der Waals surface area (Å²) in [6.07, 6.45) is 1.09. The van der Waals surface area contributed by atoms with Gasteiger partial charge in [0.05, 0.1) is 23.4 Å². The quantitative estimate of drug-likeness (QED) is 0.567. The minimum Gasteiger partial charge on any atom is -0.337 e. The van der Waals surface area contributed by atoms with Gasteiger partial charge in [-0.3, -0.25) is 9.10 Å². The number of aryl methyl sites for hydroxylation is 1. The second-order valence-corrected chi connectivity index (χ2v) is 9.56. The van der Waals surface area contributed by atoms with Crippen LogP contribution in [0.1, 0.15) is 18.4 Å². The van der Waals surface area contributed by atoms with Gasteiger partial charge in [-0.05, 0) is 43.0 Å². The summed E-state index contributed by atoms with van der Waals surface area (Å²) in [7, 11) is -2.10. The number of sulfonamides is 1. The first-order chi connectivity index (χ1) is 13.7. The average Bonchev–Trinajstić information content (AvgIpc) is 3.31. The molecule has 154 valence electrons. The Morgan fingerprint density at radius 3 is 2.66 bits per heavy atom. The fourth-order valence-electron chi connectivity index (χ4n) is 2.99. The maximum Gasteiger partial charge on any atom is 0.246 e. The Bertz CT molecular complexity index is 1090. The van der Waals surface area contributed by atoms with Crippen molar-refractivity contribution in [3.63, 3.8) is 0 Å². The van der Waals surface area contributed by atoms with Gasteiger partial charge >= 0.3 is 0 Å². The zero-order chi connectivity index (χ0) is 21.2. The number of hydrogen-bond donors (Lipinski definition) is 0. The Hall–Kier alpha value is -2.72. The number of likely N-dealkylation sites (N-methyl/N-ethyl adjacent to an activating group) is 1. The van der Waals surface area contributed by atoms with E-state index in [-0.39, 0.29) is 18.3 Å². The number of anilines is 1. The summed E-state index contributed by atoms with van der Waals surface area (Å²) in [5.41, 5.74) is 1.34. The van der Waals surface area contributed by atoms with Gasteiger partial charge in [0.25, 0.3) is 0 Å². The van der Waals surface area contributed by atoms with E-state index in [9.17, 15) is 13.2 Å². The lowest BCUT2D eigenvalue weighted by atomic mass is 10.2. The molecule has 0 N–H and O–H groups in total. The topological polar surface area (TPSA) is 96.6 Å². The molecule has 3 rings (SSSR count). The first-order valence-corrected chi connectivity index (χ1v) is 11.6. The number of hydrogen-bond acceptors (Lipinski definition) is 7. The van der Waals surface area contributed by atoms with E-state index in [0.29, 0.717) is 11.5 Å². The van der Waals surface area contributed by atoms with E-state index in [1.807, 2.05) is 30.5 Å². The molecule has 0 aliphatic carbocycles. The largest absolute Gasteiger partial charge is 0.337 e. The lowest BCUT2D eigenvalue weighted by Gasteiger charge is -2.30. The minimum absolute atomic E-state index is 0.0764. The number of carbonyl (C=O) groups is 1. The Labute approximate surface area is 173 Å². The summed E-state index contributed by atoms with van der Waals surface area (Å²) >= 11 is 1.49. The second-order valence-electron chi connectivity index (χ2n) is 6.76. The summed E-state index contributed by atoms with van der Waals surface area (Å²) in [5.74, 6) is 0.354. The maximum atomic E-state index is 13.0. The van der Waals surface area contributed by atoms with Crippen LogP contribution in [0.4, 0.5) is 5.69 Å². The van der Waals surface area contributed by atoms with Gasteiger partial charge in [0, 0.05) is 7.05 Å². The van der Waals surface area contributed by atoms with Gasteiger partial charge in [0.15, 0.2) is 0 Å². The van der Waals surface area contributed by atoms with Crippen molar-refractivity contribution < 1.29 is 17.7 Å². The monoisotopic (exact) mass is 434 g/mol. The molecule has 10 heteroatoms. The molecule has 0 radical (unpaired) electrons. The van der Waals surface area contributed by atoms with Crippen molar-refractivity contribution in [2.45, 2.75) is 26.4 Å². The molecule has 1 aromatic carbocycles. The molecule has 0 bridgehead atoms. The zero-order valence-corrected chi connectivity index (χ0v) is 18.2. The van der Waals surface area contributed by atoms with Gasteiger partial charge in [-0.15, -0.1) is 11.3 Å². The van der Waals surface area contributed by atoms with E-state index in [2.05, 4.69) is 10.1 Å². The third-order valence-corrected chi connectivity index (χ3v) is 6.39. The normalized spacial score (nSPS) is 12.6. The highest BCUT2D eigenvalue weighted by Gasteiger charge is 2.31. The van der Waals surface area contributed by atoms with E-state index in [4.69, 9.17) is 4.52 Å². The van der Waals surface area contributed by atoms with Gasteiger partial charge in [-0.2, -0.15) is 4.98 Å². The molecule has 2 heterocycles. The summed E-state index contributed by atoms with van der Waals surface area (Å²) in [6.45, 7) is 3.50. The van der Waals surface area contributed by atoms with E-state index < -0.39 is 16.1 Å². The molecule has 0 unspecified atom stereocenters. The van der Waals surface area contributed by atoms with Crippen molar-refractivity contribution in [2.75, 3.05) is 17.6 Å². The molecule has 1 atom stereocenters. The highest BCUT2D eigenvalue weighted by molar-refractivity contribution is 7.92. The summed E-state index contributed by atoms with van der Waals surface area (Å²) in [6, 6.07) is 9.86. The van der Waals surface area contributed by atoms with Gasteiger partial charge in [0.1, 0.15) is 6.04 Å². The van der Waals surface area contributed by atoms with Gasteiger partial charge in [-0.1, -0.05) is 23.4 Å². The molecule has 0 aliphatic rings. The van der Waals surface area contributed by atoms with Crippen LogP contribution in [0, 0.1) is 6.92 Å². The lowest BCUT2D eigenvalue weighted by molar-refractivity contribution is -0.131. The smallest absolute Gasteiger partial charge is 0.246 e. The van der Waals surface area contributed by atoms with Crippen LogP contribution in [-0.2, 0) is 21.4 Å². The molecule has 0 aliphatic heterocycles. The number of rotatable bonds is 7. The standard InChI is InChI=1S/C19H22N4O4S2/c1-13-7-5-8-15(11-13)23(29(4,25)26)14(2)19(24)22(3)12-17-20-18(21-27-17)16-9-6-10-28-16/h5-11,14H,12H2,1-4H3/t14-/m1/s1. The van der Waals surface area contributed by atoms with Crippen LogP contribution in [0.5, 0.6) is 0 Å². The summed E-state index contributed by atoms with van der Waals surface area (Å²) in [4.78, 5) is 19.5. The number of amides is 1. The fraction of sp³-hybridized carbons (Fsp3) is 0.316. The van der Waals surface area contributed by atoms with Crippen molar-refractivity contribution in [3.8, 4) is 10.7 Å². The van der Waals surface area contributed by atoms with E-state index >= 15 is 0 Å². The third kappa shape index (κ3) is 4.83. The van der Waals surface area contributed by atoms with Crippen LogP contribution < -0.4 is 4.31 Å². The predicted octanol–water partition coefficient (Wildman–Crippen LogP) is 2.92. The Morgan fingerprint density at radius 1 is 1.28 bits per heavy atom. The number of carbonyl (C=O) groups excluding carboxylic acids is 1. The van der Waals surface area contributed by atoms with Gasteiger partial charge in [0.2, 0.25) is 27.6 Å². The third-order valence-electron chi connectivity index (χ3n) is 4.28. The average molecular weight is 435 g/mol. The predicted molar refractivity (Wildman–Crippen MR) is 112 cm³/mol. The number of benzene rings is 1. The molecule has 0 fully saturated rings. The molecule has 0 spiro atoms. The Morgan fingerprint density at radius 2 is 2.03 bits per heavy atom. The highest BCUT2D eigenvalue weighted by Crippen LogP contribution is 2.24. The molecule has 1 amide bonds. The fourth-order valence-corrected chi connectivity index (χ4v) is 4.80. The van der Waals surface area contributed by atoms with Gasteiger partial charge < -0.3 is 9.42 Å². The number of nitrogens with zero attached hydrogens (tertiary/aromatic N) is 4. The molecule has 3 aromatic rings. The van der Waals surface area contributed by atoms with Gasteiger partial charge in [-0.25, -0.2) is 8.42 Å². The highest BCUT2D eigenvalue weighted by atomic mass is 32.2. The lowest BCUT2D eigenvalue weighted by Crippen LogP contribution is -2.48. The van der Waals surface area contributed by atoms with Crippen molar-refractivity contribution >= 4 is 33.0 Å². The molecule has 2 aromatic heterocycles. The maximum absolute atomic E-state index is 13.0. The van der Waals surface area contributed by atoms with Crippen LogP contribution >= 0.6 is 11.3 Å². The minimum atomic E-state index is -3.68. The SMILES string of the molecule is Cc1cccc(N([C@H](C)C(=O)N(C)Cc2nc(-c3cccs3)no2)S(C)(=O)=O)c1. The molecule has 0 saturated heterocycles. The van der Waals surface area contributed by atoms with Crippen LogP contribution in [0.25, 0.3) is 10.7 Å².